The van der Waals surface area contributed by atoms with E-state index in [-0.39, 0.29) is 11.9 Å². The highest BCUT2D eigenvalue weighted by Crippen LogP contribution is 2.24. The van der Waals surface area contributed by atoms with Crippen LogP contribution in [0.2, 0.25) is 0 Å². The molecule has 1 N–H and O–H groups in total. The predicted molar refractivity (Wildman–Crippen MR) is 119 cm³/mol. The molecule has 0 spiro atoms. The maximum atomic E-state index is 12.7. The van der Waals surface area contributed by atoms with E-state index in [1.165, 1.54) is 16.7 Å². The molecule has 1 aromatic heterocycles. The fraction of sp³-hybridized carbons (Fsp3) is 0.360. The van der Waals surface area contributed by atoms with Crippen molar-refractivity contribution in [2.24, 2.45) is 5.92 Å². The molecule has 0 saturated heterocycles. The van der Waals surface area contributed by atoms with Gasteiger partial charge in [0.05, 0.1) is 12.5 Å². The van der Waals surface area contributed by atoms with E-state index in [2.05, 4.69) is 75.3 Å². The highest BCUT2D eigenvalue weighted by molar-refractivity contribution is 5.93. The van der Waals surface area contributed by atoms with Gasteiger partial charge in [-0.15, -0.1) is 0 Å². The first-order valence-electron chi connectivity index (χ1n) is 10.4. The van der Waals surface area contributed by atoms with Crippen molar-refractivity contribution in [1.82, 2.24) is 14.9 Å². The van der Waals surface area contributed by atoms with E-state index >= 15 is 0 Å². The second-order valence-electron chi connectivity index (χ2n) is 8.42. The van der Waals surface area contributed by atoms with Gasteiger partial charge in [-0.05, 0) is 62.8 Å². The van der Waals surface area contributed by atoms with Crippen LogP contribution >= 0.6 is 0 Å². The van der Waals surface area contributed by atoms with Crippen molar-refractivity contribution < 1.29 is 4.79 Å². The van der Waals surface area contributed by atoms with Gasteiger partial charge >= 0.3 is 0 Å². The van der Waals surface area contributed by atoms with Crippen LogP contribution in [0.1, 0.15) is 55.2 Å². The van der Waals surface area contributed by atoms with Crippen molar-refractivity contribution in [3.63, 3.8) is 0 Å². The third-order valence-electron chi connectivity index (χ3n) is 5.13. The lowest BCUT2D eigenvalue weighted by Gasteiger charge is -2.16. The van der Waals surface area contributed by atoms with E-state index in [1.807, 2.05) is 16.7 Å². The second-order valence-corrected chi connectivity index (χ2v) is 8.42. The van der Waals surface area contributed by atoms with Crippen LogP contribution in [0, 0.1) is 19.8 Å². The molecule has 0 unspecified atom stereocenters. The minimum absolute atomic E-state index is 0.0860. The fourth-order valence-corrected chi connectivity index (χ4v) is 3.58. The molecule has 1 atom stereocenters. The Hall–Kier alpha value is -2.88. The van der Waals surface area contributed by atoms with Gasteiger partial charge in [-0.3, -0.25) is 9.36 Å². The Balaban J connectivity index is 1.77. The monoisotopic (exact) mass is 389 g/mol. The maximum absolute atomic E-state index is 12.7. The van der Waals surface area contributed by atoms with Crippen molar-refractivity contribution in [1.29, 1.82) is 0 Å². The number of amides is 1. The third kappa shape index (κ3) is 5.35. The highest BCUT2D eigenvalue weighted by Gasteiger charge is 2.15. The van der Waals surface area contributed by atoms with Crippen molar-refractivity contribution in [3.05, 3.63) is 71.8 Å². The lowest BCUT2D eigenvalue weighted by atomic mass is 10.0. The normalized spacial score (nSPS) is 12.2. The summed E-state index contributed by atoms with van der Waals surface area (Å²) in [5, 5.41) is 3.10. The van der Waals surface area contributed by atoms with Crippen LogP contribution in [0.4, 0.5) is 0 Å². The predicted octanol–water partition coefficient (Wildman–Crippen LogP) is 5.71. The zero-order valence-corrected chi connectivity index (χ0v) is 18.1. The molecule has 29 heavy (non-hydrogen) atoms. The van der Waals surface area contributed by atoms with Gasteiger partial charge in [0, 0.05) is 11.7 Å². The van der Waals surface area contributed by atoms with E-state index in [4.69, 9.17) is 0 Å². The quantitative estimate of drug-likeness (QED) is 0.562. The number of nitrogens with one attached hydrogen (secondary N) is 1. The van der Waals surface area contributed by atoms with Crippen LogP contribution in [0.25, 0.3) is 16.8 Å². The molecule has 2 aromatic carbocycles. The molecular weight excluding hydrogens is 358 g/mol. The Kier molecular flexibility index (Phi) is 6.53. The third-order valence-corrected chi connectivity index (χ3v) is 5.13. The molecular formula is C25H31N3O. The van der Waals surface area contributed by atoms with Gasteiger partial charge in [-0.25, -0.2) is 4.98 Å². The molecule has 4 nitrogen and oxygen atoms in total. The molecule has 0 fully saturated rings. The number of aryl methyl sites for hydroxylation is 2. The first kappa shape index (κ1) is 20.8. The molecule has 0 radical (unpaired) electrons. The largest absolute Gasteiger partial charge is 0.348 e. The summed E-state index contributed by atoms with van der Waals surface area (Å²) in [4.78, 5) is 17.0. The lowest BCUT2D eigenvalue weighted by molar-refractivity contribution is 0.0930. The van der Waals surface area contributed by atoms with E-state index < -0.39 is 0 Å². The van der Waals surface area contributed by atoms with E-state index in [0.29, 0.717) is 11.6 Å². The molecule has 3 aromatic rings. The molecule has 0 saturated carbocycles. The van der Waals surface area contributed by atoms with Crippen LogP contribution in [0.15, 0.2) is 55.0 Å². The summed E-state index contributed by atoms with van der Waals surface area (Å²) in [5.74, 6) is 0.549. The average molecular weight is 390 g/mol. The van der Waals surface area contributed by atoms with Crippen LogP contribution in [-0.2, 0) is 0 Å². The Morgan fingerprint density at radius 2 is 1.62 bits per heavy atom. The van der Waals surface area contributed by atoms with Crippen molar-refractivity contribution in [3.8, 4) is 16.8 Å². The average Bonchev–Trinajstić information content (AvgIpc) is 3.16. The minimum atomic E-state index is -0.0860. The van der Waals surface area contributed by atoms with Crippen LogP contribution < -0.4 is 5.32 Å². The van der Waals surface area contributed by atoms with Crippen molar-refractivity contribution in [2.45, 2.75) is 53.5 Å². The number of aromatic nitrogens is 2. The number of hydrogen-bond acceptors (Lipinski definition) is 2. The Labute approximate surface area is 174 Å². The summed E-state index contributed by atoms with van der Waals surface area (Å²) in [6.45, 7) is 10.7. The van der Waals surface area contributed by atoms with Gasteiger partial charge in [0.25, 0.3) is 5.91 Å². The highest BCUT2D eigenvalue weighted by atomic mass is 16.2. The SMILES string of the molecule is Cc1cc(C)cc(-c2ccc(-n3cncc3C(=O)N[C@H](C)CCC(C)C)cc2)c1. The summed E-state index contributed by atoms with van der Waals surface area (Å²) in [6, 6.07) is 15.0. The summed E-state index contributed by atoms with van der Waals surface area (Å²) < 4.78 is 1.84. The number of hydrogen-bond donors (Lipinski definition) is 1. The number of imidazole rings is 1. The second kappa shape index (κ2) is 9.08. The molecule has 4 heteroatoms. The summed E-state index contributed by atoms with van der Waals surface area (Å²) in [6.07, 6.45) is 5.39. The van der Waals surface area contributed by atoms with Crippen LogP contribution in [0.3, 0.4) is 0 Å². The zero-order valence-electron chi connectivity index (χ0n) is 18.1. The van der Waals surface area contributed by atoms with E-state index in [0.717, 1.165) is 24.1 Å². The number of benzene rings is 2. The zero-order chi connectivity index (χ0) is 21.0. The first-order chi connectivity index (χ1) is 13.8. The molecule has 0 aliphatic carbocycles. The molecule has 152 valence electrons. The van der Waals surface area contributed by atoms with Gasteiger partial charge in [-0.2, -0.15) is 0 Å². The van der Waals surface area contributed by atoms with Gasteiger partial charge in [0.15, 0.2) is 0 Å². The fourth-order valence-electron chi connectivity index (χ4n) is 3.58. The Morgan fingerprint density at radius 1 is 0.966 bits per heavy atom. The smallest absolute Gasteiger partial charge is 0.270 e. The van der Waals surface area contributed by atoms with Gasteiger partial charge in [0.1, 0.15) is 5.69 Å². The standard InChI is InChI=1S/C25H31N3O/c1-17(2)6-7-20(5)27-25(29)24-15-26-16-28(24)23-10-8-21(9-11-23)22-13-18(3)12-19(4)14-22/h8-17,20H,6-7H2,1-5H3,(H,27,29)/t20-/m1/s1. The molecule has 1 amide bonds. The number of carbonyl (C=O) groups excluding carboxylic acids is 1. The Morgan fingerprint density at radius 3 is 2.24 bits per heavy atom. The van der Waals surface area contributed by atoms with Gasteiger partial charge in [-0.1, -0.05) is 55.3 Å². The number of rotatable bonds is 7. The number of nitrogens with zero attached hydrogens (tertiary/aromatic N) is 2. The summed E-state index contributed by atoms with van der Waals surface area (Å²) in [7, 11) is 0. The Bertz CT molecular complexity index is 950. The van der Waals surface area contributed by atoms with Crippen molar-refractivity contribution in [2.75, 3.05) is 0 Å². The lowest BCUT2D eigenvalue weighted by Crippen LogP contribution is -2.33. The van der Waals surface area contributed by atoms with Gasteiger partial charge in [0.2, 0.25) is 0 Å². The molecule has 0 aliphatic rings. The first-order valence-corrected chi connectivity index (χ1v) is 10.4. The minimum Gasteiger partial charge on any atom is -0.348 e. The van der Waals surface area contributed by atoms with E-state index in [1.54, 1.807) is 12.5 Å². The summed E-state index contributed by atoms with van der Waals surface area (Å²) >= 11 is 0. The maximum Gasteiger partial charge on any atom is 0.270 e. The molecule has 3 rings (SSSR count). The van der Waals surface area contributed by atoms with E-state index in [9.17, 15) is 4.79 Å². The molecule has 1 heterocycles. The summed E-state index contributed by atoms with van der Waals surface area (Å²) in [5.41, 5.74) is 6.36. The molecule has 0 aliphatic heterocycles. The topological polar surface area (TPSA) is 46.9 Å². The van der Waals surface area contributed by atoms with Crippen LogP contribution in [-0.4, -0.2) is 21.5 Å². The van der Waals surface area contributed by atoms with Crippen molar-refractivity contribution >= 4 is 5.91 Å². The van der Waals surface area contributed by atoms with Crippen LogP contribution in [0.5, 0.6) is 0 Å². The van der Waals surface area contributed by atoms with Gasteiger partial charge < -0.3 is 5.32 Å². The molecule has 0 bridgehead atoms. The number of carbonyl (C=O) groups is 1.